The fraction of sp³-hybridized carbons (Fsp3) is 0.562. The fourth-order valence-electron chi connectivity index (χ4n) is 3.54. The molecular weight excluding hydrogens is 270 g/mol. The molecule has 0 aromatic heterocycles. The number of nitro groups is 1. The van der Waals surface area contributed by atoms with Gasteiger partial charge >= 0.3 is 5.97 Å². The molecule has 2 atom stereocenters. The van der Waals surface area contributed by atoms with Crippen LogP contribution in [0.3, 0.4) is 0 Å². The van der Waals surface area contributed by atoms with Gasteiger partial charge in [-0.15, -0.1) is 0 Å². The Kier molecular flexibility index (Phi) is 3.66. The van der Waals surface area contributed by atoms with Gasteiger partial charge in [-0.05, 0) is 36.7 Å². The highest BCUT2D eigenvalue weighted by atomic mass is 16.6. The highest BCUT2D eigenvalue weighted by Crippen LogP contribution is 2.49. The molecule has 21 heavy (non-hydrogen) atoms. The van der Waals surface area contributed by atoms with Crippen molar-refractivity contribution in [3.05, 3.63) is 39.4 Å². The van der Waals surface area contributed by atoms with Crippen molar-refractivity contribution in [2.45, 2.75) is 50.4 Å². The Hall–Kier alpha value is -1.91. The summed E-state index contributed by atoms with van der Waals surface area (Å²) in [7, 11) is 0. The molecule has 2 aliphatic carbocycles. The van der Waals surface area contributed by atoms with Crippen LogP contribution in [0, 0.1) is 16.0 Å². The molecule has 1 aromatic rings. The summed E-state index contributed by atoms with van der Waals surface area (Å²) < 4.78 is 0. The maximum Gasteiger partial charge on any atom is 0.307 e. The molecule has 3 rings (SSSR count). The molecule has 0 aliphatic heterocycles. The summed E-state index contributed by atoms with van der Waals surface area (Å²) in [6.45, 7) is 0. The quantitative estimate of drug-likeness (QED) is 0.674. The van der Waals surface area contributed by atoms with Gasteiger partial charge in [0, 0.05) is 11.6 Å². The van der Waals surface area contributed by atoms with E-state index in [2.05, 4.69) is 0 Å². The molecule has 0 bridgehead atoms. The molecule has 0 amide bonds. The molecule has 1 N–H and O–H groups in total. The van der Waals surface area contributed by atoms with Gasteiger partial charge in [-0.3, -0.25) is 14.9 Å². The van der Waals surface area contributed by atoms with E-state index in [1.54, 1.807) is 6.07 Å². The van der Waals surface area contributed by atoms with Crippen LogP contribution < -0.4 is 0 Å². The second-order valence-corrected chi connectivity index (χ2v) is 6.20. The number of aliphatic carboxylic acids is 1. The standard InChI is InChI=1S/C16H19NO4/c18-16(19)14-9-13(14)11-6-7-12(15(8-11)17(20)21)10-4-2-1-3-5-10/h6-8,10,13-14H,1-5,9H2,(H,18,19). The zero-order chi connectivity index (χ0) is 15.0. The van der Waals surface area contributed by atoms with E-state index in [9.17, 15) is 14.9 Å². The smallest absolute Gasteiger partial charge is 0.307 e. The Labute approximate surface area is 123 Å². The number of benzene rings is 1. The monoisotopic (exact) mass is 289 g/mol. The highest BCUT2D eigenvalue weighted by molar-refractivity contribution is 5.75. The summed E-state index contributed by atoms with van der Waals surface area (Å²) in [6.07, 6.45) is 6.10. The zero-order valence-electron chi connectivity index (χ0n) is 11.8. The van der Waals surface area contributed by atoms with E-state index in [-0.39, 0.29) is 28.4 Å². The van der Waals surface area contributed by atoms with Crippen LogP contribution in [0.1, 0.15) is 61.5 Å². The van der Waals surface area contributed by atoms with E-state index in [0.29, 0.717) is 6.42 Å². The number of carboxylic acid groups (broad SMARTS) is 1. The molecule has 0 saturated heterocycles. The second-order valence-electron chi connectivity index (χ2n) is 6.20. The number of nitrogens with zero attached hydrogens (tertiary/aromatic N) is 1. The lowest BCUT2D eigenvalue weighted by atomic mass is 9.83. The van der Waals surface area contributed by atoms with Crippen molar-refractivity contribution >= 4 is 11.7 Å². The van der Waals surface area contributed by atoms with Crippen LogP contribution in [0.5, 0.6) is 0 Å². The Morgan fingerprint density at radius 3 is 2.52 bits per heavy atom. The molecule has 2 fully saturated rings. The summed E-state index contributed by atoms with van der Waals surface area (Å²) in [5.74, 6) is -0.951. The molecule has 112 valence electrons. The molecule has 0 spiro atoms. The molecule has 0 radical (unpaired) electrons. The molecule has 5 nitrogen and oxygen atoms in total. The Bertz CT molecular complexity index is 578. The Balaban J connectivity index is 1.88. The van der Waals surface area contributed by atoms with Crippen LogP contribution in [0.2, 0.25) is 0 Å². The first kappa shape index (κ1) is 14.0. The van der Waals surface area contributed by atoms with E-state index in [4.69, 9.17) is 5.11 Å². The van der Waals surface area contributed by atoms with Crippen molar-refractivity contribution < 1.29 is 14.8 Å². The van der Waals surface area contributed by atoms with Crippen LogP contribution in [0.25, 0.3) is 0 Å². The number of rotatable bonds is 4. The van der Waals surface area contributed by atoms with Gasteiger partial charge in [0.25, 0.3) is 5.69 Å². The maximum absolute atomic E-state index is 11.4. The third-order valence-corrected chi connectivity index (χ3v) is 4.83. The van der Waals surface area contributed by atoms with E-state index >= 15 is 0 Å². The third-order valence-electron chi connectivity index (χ3n) is 4.83. The summed E-state index contributed by atoms with van der Waals surface area (Å²) >= 11 is 0. The van der Waals surface area contributed by atoms with Crippen LogP contribution in [0.4, 0.5) is 5.69 Å². The van der Waals surface area contributed by atoms with Gasteiger partial charge in [-0.1, -0.05) is 31.4 Å². The minimum atomic E-state index is -0.806. The molecule has 2 aliphatic rings. The number of hydrogen-bond acceptors (Lipinski definition) is 3. The topological polar surface area (TPSA) is 80.4 Å². The van der Waals surface area contributed by atoms with Crippen LogP contribution in [-0.2, 0) is 4.79 Å². The molecular formula is C16H19NO4. The first-order valence-electron chi connectivity index (χ1n) is 7.59. The van der Waals surface area contributed by atoms with Gasteiger partial charge in [0.15, 0.2) is 0 Å². The van der Waals surface area contributed by atoms with Gasteiger partial charge in [0.2, 0.25) is 0 Å². The van der Waals surface area contributed by atoms with Crippen LogP contribution >= 0.6 is 0 Å². The average molecular weight is 289 g/mol. The van der Waals surface area contributed by atoms with Crippen molar-refractivity contribution in [2.24, 2.45) is 5.92 Å². The maximum atomic E-state index is 11.4. The Morgan fingerprint density at radius 2 is 1.95 bits per heavy atom. The van der Waals surface area contributed by atoms with Gasteiger partial charge in [0.05, 0.1) is 10.8 Å². The van der Waals surface area contributed by atoms with Gasteiger partial charge in [-0.2, -0.15) is 0 Å². The highest BCUT2D eigenvalue weighted by Gasteiger charge is 2.44. The SMILES string of the molecule is O=C(O)C1CC1c1ccc(C2CCCCC2)c([N+](=O)[O-])c1. The lowest BCUT2D eigenvalue weighted by Gasteiger charge is -2.22. The minimum Gasteiger partial charge on any atom is -0.481 e. The van der Waals surface area contributed by atoms with Gasteiger partial charge in [0.1, 0.15) is 0 Å². The summed E-state index contributed by atoms with van der Waals surface area (Å²) in [5, 5.41) is 20.4. The predicted octanol–water partition coefficient (Wildman–Crippen LogP) is 3.83. The first-order valence-corrected chi connectivity index (χ1v) is 7.59. The number of nitro benzene ring substituents is 1. The van der Waals surface area contributed by atoms with E-state index in [1.807, 2.05) is 12.1 Å². The van der Waals surface area contributed by atoms with E-state index in [0.717, 1.165) is 36.8 Å². The van der Waals surface area contributed by atoms with Crippen molar-refractivity contribution in [3.63, 3.8) is 0 Å². The number of carbonyl (C=O) groups is 1. The molecule has 2 saturated carbocycles. The van der Waals surface area contributed by atoms with E-state index < -0.39 is 5.97 Å². The fourth-order valence-corrected chi connectivity index (χ4v) is 3.54. The molecule has 2 unspecified atom stereocenters. The Morgan fingerprint density at radius 1 is 1.24 bits per heavy atom. The summed E-state index contributed by atoms with van der Waals surface area (Å²) in [6, 6.07) is 5.36. The third kappa shape index (κ3) is 2.77. The predicted molar refractivity (Wildman–Crippen MR) is 77.4 cm³/mol. The summed E-state index contributed by atoms with van der Waals surface area (Å²) in [5.41, 5.74) is 1.81. The second kappa shape index (κ2) is 5.47. The number of carboxylic acids is 1. The number of hydrogen-bond donors (Lipinski definition) is 1. The summed E-state index contributed by atoms with van der Waals surface area (Å²) in [4.78, 5) is 22.0. The largest absolute Gasteiger partial charge is 0.481 e. The first-order chi connectivity index (χ1) is 10.1. The lowest BCUT2D eigenvalue weighted by molar-refractivity contribution is -0.385. The van der Waals surface area contributed by atoms with Crippen LogP contribution in [-0.4, -0.2) is 16.0 Å². The zero-order valence-corrected chi connectivity index (χ0v) is 11.8. The van der Waals surface area contributed by atoms with Crippen molar-refractivity contribution in [3.8, 4) is 0 Å². The van der Waals surface area contributed by atoms with Crippen molar-refractivity contribution in [1.82, 2.24) is 0 Å². The van der Waals surface area contributed by atoms with Crippen molar-refractivity contribution in [2.75, 3.05) is 0 Å². The normalized spacial score (nSPS) is 25.5. The average Bonchev–Trinajstić information content (AvgIpc) is 3.28. The molecule has 1 aromatic carbocycles. The van der Waals surface area contributed by atoms with E-state index in [1.165, 1.54) is 6.42 Å². The van der Waals surface area contributed by atoms with Crippen molar-refractivity contribution in [1.29, 1.82) is 0 Å². The minimum absolute atomic E-state index is 0.0541. The molecule has 0 heterocycles. The van der Waals surface area contributed by atoms with Crippen LogP contribution in [0.15, 0.2) is 18.2 Å². The van der Waals surface area contributed by atoms with Gasteiger partial charge < -0.3 is 5.11 Å². The molecule has 5 heteroatoms. The lowest BCUT2D eigenvalue weighted by Crippen LogP contribution is -2.08. The van der Waals surface area contributed by atoms with Gasteiger partial charge in [-0.25, -0.2) is 0 Å².